The van der Waals surface area contributed by atoms with E-state index in [4.69, 9.17) is 5.73 Å². The summed E-state index contributed by atoms with van der Waals surface area (Å²) in [4.78, 5) is 170. The zero-order valence-electron chi connectivity index (χ0n) is 58.4. The minimum absolute atomic E-state index is 0.0687. The molecule has 1 fully saturated rings. The Morgan fingerprint density at radius 1 is 0.409 bits per heavy atom. The summed E-state index contributed by atoms with van der Waals surface area (Å²) in [5, 5.41) is 11.2. The van der Waals surface area contributed by atoms with Crippen molar-refractivity contribution >= 4 is 65.0 Å². The molecule has 506 valence electrons. The first kappa shape index (κ1) is 80.1. The molecule has 3 unspecified atom stereocenters. The van der Waals surface area contributed by atoms with Gasteiger partial charge in [0.05, 0.1) is 6.54 Å². The van der Waals surface area contributed by atoms with E-state index >= 15 is 14.4 Å². The third kappa shape index (κ3) is 24.2. The van der Waals surface area contributed by atoms with Crippen LogP contribution >= 0.6 is 0 Å². The summed E-state index contributed by atoms with van der Waals surface area (Å²) in [6.45, 7) is 29.0. The SMILES string of the molecule is CC[C@@H]1NC(=O)C(C[C@H](C)CCCCCCCN)N(C)C(=O)[C@H](C(C)C)N(C)C(=O)[C@H](CC(C)C)N(C)C(=O)C(CC(C)C)N(C)C(=O)C(C)NC(=O)[C@@H](C)NC(=O)[C@@H](CC(C)C)N(C)C(=O)[C@@H](C(C)C)NC(=O)[C@H](CC(C)C)N(C)C(=O)CN(C)C1=O. The van der Waals surface area contributed by atoms with Crippen LogP contribution in [0.1, 0.15) is 188 Å². The molecule has 0 aromatic rings. The molecule has 0 bridgehead atoms. The second-order valence-electron chi connectivity index (χ2n) is 27.6. The van der Waals surface area contributed by atoms with Crippen molar-refractivity contribution in [1.29, 1.82) is 0 Å². The van der Waals surface area contributed by atoms with E-state index in [-0.39, 0.29) is 68.1 Å². The number of unbranched alkanes of at least 4 members (excludes halogenated alkanes) is 4. The van der Waals surface area contributed by atoms with Crippen LogP contribution in [-0.2, 0) is 52.7 Å². The van der Waals surface area contributed by atoms with E-state index in [1.807, 2.05) is 62.3 Å². The molecule has 11 atom stereocenters. The predicted octanol–water partition coefficient (Wildman–Crippen LogP) is 4.63. The largest absolute Gasteiger partial charge is 0.343 e. The van der Waals surface area contributed by atoms with Gasteiger partial charge in [-0.15, -0.1) is 0 Å². The molecule has 0 aromatic heterocycles. The zero-order chi connectivity index (χ0) is 67.9. The van der Waals surface area contributed by atoms with E-state index in [1.165, 1.54) is 97.5 Å². The minimum atomic E-state index is -1.21. The summed E-state index contributed by atoms with van der Waals surface area (Å²) < 4.78 is 0. The van der Waals surface area contributed by atoms with Crippen LogP contribution in [-0.4, -0.2) is 222 Å². The van der Waals surface area contributed by atoms with Gasteiger partial charge in [-0.25, -0.2) is 0 Å². The number of amides is 11. The molecule has 88 heavy (non-hydrogen) atoms. The second-order valence-corrected chi connectivity index (χ2v) is 27.6. The van der Waals surface area contributed by atoms with Gasteiger partial charge in [-0.1, -0.05) is 129 Å². The molecule has 0 aliphatic carbocycles. The highest BCUT2D eigenvalue weighted by Crippen LogP contribution is 2.26. The Morgan fingerprint density at radius 2 is 0.807 bits per heavy atom. The lowest BCUT2D eigenvalue weighted by Gasteiger charge is -2.41. The molecule has 11 amide bonds. The fourth-order valence-electron chi connectivity index (χ4n) is 11.5. The van der Waals surface area contributed by atoms with Crippen molar-refractivity contribution in [2.24, 2.45) is 47.2 Å². The lowest BCUT2D eigenvalue weighted by molar-refractivity contribution is -0.156. The number of nitrogens with one attached hydrogen (secondary N) is 4. The molecule has 23 heteroatoms. The molecule has 23 nitrogen and oxygen atoms in total. The molecule has 1 rings (SSSR count). The average molecular weight is 1250 g/mol. The number of hydrogen-bond donors (Lipinski definition) is 5. The number of carbonyl (C=O) groups excluding carboxylic acids is 11. The molecule has 1 saturated heterocycles. The number of nitrogens with two attached hydrogens (primary N) is 1. The summed E-state index contributed by atoms with van der Waals surface area (Å²) in [5.74, 6) is -8.18. The van der Waals surface area contributed by atoms with Gasteiger partial charge < -0.3 is 61.3 Å². The quantitative estimate of drug-likeness (QED) is 0.104. The fraction of sp³-hybridized carbons (Fsp3) is 0.831. The third-order valence-electron chi connectivity index (χ3n) is 17.0. The molecule has 1 aliphatic heterocycles. The van der Waals surface area contributed by atoms with Crippen molar-refractivity contribution in [1.82, 2.24) is 55.6 Å². The maximum atomic E-state index is 15.2. The maximum absolute atomic E-state index is 15.2. The van der Waals surface area contributed by atoms with Crippen LogP contribution in [0.2, 0.25) is 0 Å². The zero-order valence-corrected chi connectivity index (χ0v) is 58.4. The first-order valence-electron chi connectivity index (χ1n) is 32.5. The maximum Gasteiger partial charge on any atom is 0.246 e. The monoisotopic (exact) mass is 1240 g/mol. The molecule has 0 radical (unpaired) electrons. The predicted molar refractivity (Wildman–Crippen MR) is 344 cm³/mol. The second kappa shape index (κ2) is 38.0. The Morgan fingerprint density at radius 3 is 1.28 bits per heavy atom. The van der Waals surface area contributed by atoms with E-state index < -0.39 is 144 Å². The van der Waals surface area contributed by atoms with E-state index in [9.17, 15) is 38.4 Å². The lowest BCUT2D eigenvalue weighted by atomic mass is 9.92. The van der Waals surface area contributed by atoms with Crippen LogP contribution in [0.4, 0.5) is 0 Å². The van der Waals surface area contributed by atoms with E-state index in [0.717, 1.165) is 38.5 Å². The molecule has 1 heterocycles. The van der Waals surface area contributed by atoms with Crippen molar-refractivity contribution in [3.8, 4) is 0 Å². The van der Waals surface area contributed by atoms with Crippen molar-refractivity contribution in [2.45, 2.75) is 248 Å². The molecule has 6 N–H and O–H groups in total. The lowest BCUT2D eigenvalue weighted by Crippen LogP contribution is -2.61. The first-order valence-corrected chi connectivity index (χ1v) is 32.5. The van der Waals surface area contributed by atoms with Crippen molar-refractivity contribution in [2.75, 3.05) is 62.4 Å². The van der Waals surface area contributed by atoms with Crippen LogP contribution in [0.15, 0.2) is 0 Å². The molecule has 0 spiro atoms. The van der Waals surface area contributed by atoms with E-state index in [1.54, 1.807) is 34.6 Å². The number of hydrogen-bond acceptors (Lipinski definition) is 12. The van der Waals surface area contributed by atoms with Gasteiger partial charge in [0.25, 0.3) is 0 Å². The van der Waals surface area contributed by atoms with Gasteiger partial charge in [0.2, 0.25) is 65.0 Å². The molecular formula is C65H120N12O11. The molecule has 1 aliphatic rings. The van der Waals surface area contributed by atoms with Crippen molar-refractivity contribution in [3.63, 3.8) is 0 Å². The van der Waals surface area contributed by atoms with Crippen LogP contribution in [0, 0.1) is 41.4 Å². The highest BCUT2D eigenvalue weighted by molar-refractivity contribution is 5.99. The standard InChI is InChI=1S/C65H120N12O11/c1-24-47-61(84)71(17)37-53(78)72(18)48(32-38(2)3)59(82)70-54(42(10)11)64(87)73(19)49(33-39(4)5)57(80)67-45(15)56(79)68-46(16)60(83)75(21)51(34-40(6)7)62(85)76(22)52(35-41(8)9)63(86)77(23)55(43(12)13)65(88)74(20)50(58(81)69-47)36-44(14)30-28-26-25-27-29-31-66/h38-52,54-55H,24-37,66H2,1-23H3,(H,67,80)(H,68,79)(H,69,81)(H,70,82)/t44-,45-,46?,47+,48+,49-,50?,51?,52+,54-,55+/m1/s1. The number of likely N-dealkylation sites (N-methyl/N-ethyl adjacent to an activating group) is 7. The van der Waals surface area contributed by atoms with Crippen molar-refractivity contribution < 1.29 is 52.7 Å². The van der Waals surface area contributed by atoms with Gasteiger partial charge in [-0.2, -0.15) is 0 Å². The highest BCUT2D eigenvalue weighted by atomic mass is 16.2. The summed E-state index contributed by atoms with van der Waals surface area (Å²) in [6.07, 6.45) is 6.57. The normalized spacial score (nSPS) is 25.9. The van der Waals surface area contributed by atoms with Gasteiger partial charge in [-0.05, 0) is 107 Å². The van der Waals surface area contributed by atoms with E-state index in [0.29, 0.717) is 6.54 Å². The Kier molecular flexibility index (Phi) is 34.6. The van der Waals surface area contributed by atoms with Crippen LogP contribution < -0.4 is 27.0 Å². The Balaban J connectivity index is 4.27. The van der Waals surface area contributed by atoms with Crippen molar-refractivity contribution in [3.05, 3.63) is 0 Å². The van der Waals surface area contributed by atoms with Gasteiger partial charge in [-0.3, -0.25) is 52.7 Å². The van der Waals surface area contributed by atoms with Crippen LogP contribution in [0.25, 0.3) is 0 Å². The van der Waals surface area contributed by atoms with Gasteiger partial charge in [0, 0.05) is 49.3 Å². The fourth-order valence-corrected chi connectivity index (χ4v) is 11.5. The minimum Gasteiger partial charge on any atom is -0.343 e. The topological polar surface area (TPSA) is 285 Å². The Labute approximate surface area is 529 Å². The van der Waals surface area contributed by atoms with Crippen LogP contribution in [0.3, 0.4) is 0 Å². The summed E-state index contributed by atoms with van der Waals surface area (Å²) in [7, 11) is 10.3. The molecular weight excluding hydrogens is 1120 g/mol. The number of carbonyl (C=O) groups is 11. The summed E-state index contributed by atoms with van der Waals surface area (Å²) >= 11 is 0. The van der Waals surface area contributed by atoms with E-state index in [2.05, 4.69) is 21.3 Å². The smallest absolute Gasteiger partial charge is 0.246 e. The number of rotatable bonds is 20. The molecule has 0 aromatic carbocycles. The van der Waals surface area contributed by atoms with Gasteiger partial charge in [0.1, 0.15) is 60.4 Å². The highest BCUT2D eigenvalue weighted by Gasteiger charge is 2.44. The number of nitrogens with zero attached hydrogens (tertiary/aromatic N) is 7. The van der Waals surface area contributed by atoms with Gasteiger partial charge >= 0.3 is 0 Å². The summed E-state index contributed by atoms with van der Waals surface area (Å²) in [6, 6.07) is -11.4. The Hall–Kier alpha value is -5.87. The average Bonchev–Trinajstić information content (AvgIpc) is 3.27. The van der Waals surface area contributed by atoms with Gasteiger partial charge in [0.15, 0.2) is 0 Å². The first-order chi connectivity index (χ1) is 40.8. The third-order valence-corrected chi connectivity index (χ3v) is 17.0. The molecule has 0 saturated carbocycles. The van der Waals surface area contributed by atoms with Crippen LogP contribution in [0.5, 0.6) is 0 Å². The Bertz CT molecular complexity index is 2310. The summed E-state index contributed by atoms with van der Waals surface area (Å²) in [5.41, 5.74) is 5.73.